The van der Waals surface area contributed by atoms with Crippen LogP contribution in [0.3, 0.4) is 0 Å². The number of sulfonamides is 1. The van der Waals surface area contributed by atoms with Crippen LogP contribution in [-0.2, 0) is 22.9 Å². The maximum atomic E-state index is 13.1. The number of rotatable bonds is 2. The van der Waals surface area contributed by atoms with Crippen LogP contribution in [0, 0.1) is 0 Å². The van der Waals surface area contributed by atoms with Crippen LogP contribution in [0.5, 0.6) is 11.5 Å². The Hall–Kier alpha value is -1.27. The molecule has 0 saturated carbocycles. The monoisotopic (exact) mass is 309 g/mol. The van der Waals surface area contributed by atoms with Gasteiger partial charge in [-0.3, -0.25) is 0 Å². The quantitative estimate of drug-likeness (QED) is 0.835. The molecule has 0 atom stereocenters. The molecule has 4 rings (SSSR count). The minimum atomic E-state index is -3.48. The van der Waals surface area contributed by atoms with Gasteiger partial charge in [0.25, 0.3) is 0 Å². The Labute approximate surface area is 124 Å². The van der Waals surface area contributed by atoms with Crippen molar-refractivity contribution in [2.45, 2.75) is 37.0 Å². The summed E-state index contributed by atoms with van der Waals surface area (Å²) in [6, 6.07) is 1.96. The summed E-state index contributed by atoms with van der Waals surface area (Å²) in [5, 5.41) is 0. The fourth-order valence-electron chi connectivity index (χ4n) is 3.45. The summed E-state index contributed by atoms with van der Waals surface area (Å²) in [6.07, 6.45) is 4.39. The molecule has 1 fully saturated rings. The molecule has 0 bridgehead atoms. The van der Waals surface area contributed by atoms with Crippen LogP contribution >= 0.6 is 0 Å². The van der Waals surface area contributed by atoms with Crippen LogP contribution in [-0.4, -0.2) is 39.0 Å². The SMILES string of the molecule is O=S(=O)(c1c2c(cc3c1OCC3)OCC2)N1CCCCC1. The van der Waals surface area contributed by atoms with Gasteiger partial charge in [0.15, 0.2) is 0 Å². The third-order valence-electron chi connectivity index (χ3n) is 4.52. The lowest BCUT2D eigenvalue weighted by Gasteiger charge is -2.27. The predicted molar refractivity (Wildman–Crippen MR) is 77.4 cm³/mol. The van der Waals surface area contributed by atoms with Gasteiger partial charge in [-0.1, -0.05) is 6.42 Å². The second kappa shape index (κ2) is 4.88. The van der Waals surface area contributed by atoms with Crippen LogP contribution in [0.15, 0.2) is 11.0 Å². The minimum Gasteiger partial charge on any atom is -0.493 e. The fraction of sp³-hybridized carbons (Fsp3) is 0.600. The van der Waals surface area contributed by atoms with E-state index in [9.17, 15) is 8.42 Å². The molecule has 0 spiro atoms. The second-order valence-electron chi connectivity index (χ2n) is 5.83. The molecule has 3 aliphatic rings. The first-order valence-electron chi connectivity index (χ1n) is 7.62. The molecule has 1 saturated heterocycles. The van der Waals surface area contributed by atoms with Gasteiger partial charge in [-0.2, -0.15) is 4.31 Å². The molecule has 3 heterocycles. The molecule has 0 aliphatic carbocycles. The van der Waals surface area contributed by atoms with Crippen molar-refractivity contribution < 1.29 is 17.9 Å². The zero-order chi connectivity index (χ0) is 14.4. The van der Waals surface area contributed by atoms with Gasteiger partial charge in [-0.05, 0) is 18.9 Å². The van der Waals surface area contributed by atoms with E-state index in [0.29, 0.717) is 43.4 Å². The average molecular weight is 309 g/mol. The number of benzene rings is 1. The third kappa shape index (κ3) is 2.04. The summed E-state index contributed by atoms with van der Waals surface area (Å²) in [7, 11) is -3.48. The summed E-state index contributed by atoms with van der Waals surface area (Å²) in [5.41, 5.74) is 1.77. The van der Waals surface area contributed by atoms with Crippen molar-refractivity contribution >= 4 is 10.0 Å². The van der Waals surface area contributed by atoms with E-state index in [1.54, 1.807) is 4.31 Å². The van der Waals surface area contributed by atoms with E-state index in [1.165, 1.54) is 0 Å². The van der Waals surface area contributed by atoms with Crippen LogP contribution in [0.25, 0.3) is 0 Å². The molecular formula is C15H19NO4S. The van der Waals surface area contributed by atoms with Crippen molar-refractivity contribution in [3.8, 4) is 11.5 Å². The highest BCUT2D eigenvalue weighted by Crippen LogP contribution is 2.44. The van der Waals surface area contributed by atoms with Gasteiger partial charge in [0.1, 0.15) is 16.4 Å². The lowest BCUT2D eigenvalue weighted by Crippen LogP contribution is -2.36. The molecule has 0 radical (unpaired) electrons. The number of hydrogen-bond donors (Lipinski definition) is 0. The molecule has 114 valence electrons. The Morgan fingerprint density at radius 2 is 1.76 bits per heavy atom. The molecule has 3 aliphatic heterocycles. The molecule has 21 heavy (non-hydrogen) atoms. The molecule has 6 heteroatoms. The molecule has 0 N–H and O–H groups in total. The van der Waals surface area contributed by atoms with Gasteiger partial charge < -0.3 is 9.47 Å². The van der Waals surface area contributed by atoms with Crippen LogP contribution < -0.4 is 9.47 Å². The van der Waals surface area contributed by atoms with Crippen molar-refractivity contribution in [2.75, 3.05) is 26.3 Å². The predicted octanol–water partition coefficient (Wildman–Crippen LogP) is 1.73. The normalized spacial score (nSPS) is 21.5. The highest BCUT2D eigenvalue weighted by molar-refractivity contribution is 7.89. The number of fused-ring (bicyclic) bond motifs is 2. The van der Waals surface area contributed by atoms with E-state index in [4.69, 9.17) is 9.47 Å². The van der Waals surface area contributed by atoms with Crippen molar-refractivity contribution in [3.05, 3.63) is 17.2 Å². The third-order valence-corrected chi connectivity index (χ3v) is 6.51. The number of hydrogen-bond acceptors (Lipinski definition) is 4. The summed E-state index contributed by atoms with van der Waals surface area (Å²) in [6.45, 7) is 2.34. The first-order valence-corrected chi connectivity index (χ1v) is 9.06. The van der Waals surface area contributed by atoms with Crippen LogP contribution in [0.1, 0.15) is 30.4 Å². The van der Waals surface area contributed by atoms with Gasteiger partial charge in [0.2, 0.25) is 10.0 Å². The summed E-state index contributed by atoms with van der Waals surface area (Å²) < 4.78 is 39.1. The van der Waals surface area contributed by atoms with E-state index in [0.717, 1.165) is 42.6 Å². The largest absolute Gasteiger partial charge is 0.493 e. The second-order valence-corrected chi connectivity index (χ2v) is 7.71. The van der Waals surface area contributed by atoms with Gasteiger partial charge in [-0.15, -0.1) is 0 Å². The smallest absolute Gasteiger partial charge is 0.247 e. The molecule has 0 amide bonds. The van der Waals surface area contributed by atoms with Crippen molar-refractivity contribution in [1.29, 1.82) is 0 Å². The first kappa shape index (κ1) is 13.4. The Morgan fingerprint density at radius 1 is 1.00 bits per heavy atom. The zero-order valence-corrected chi connectivity index (χ0v) is 12.7. The van der Waals surface area contributed by atoms with E-state index in [-0.39, 0.29) is 0 Å². The molecule has 5 nitrogen and oxygen atoms in total. The lowest BCUT2D eigenvalue weighted by atomic mass is 10.1. The molecule has 1 aromatic rings. The van der Waals surface area contributed by atoms with Gasteiger partial charge in [0, 0.05) is 37.1 Å². The Kier molecular flexibility index (Phi) is 3.11. The number of ether oxygens (including phenoxy) is 2. The molecule has 1 aromatic carbocycles. The topological polar surface area (TPSA) is 55.8 Å². The average Bonchev–Trinajstić information content (AvgIpc) is 3.13. The number of nitrogens with zero attached hydrogens (tertiary/aromatic N) is 1. The highest BCUT2D eigenvalue weighted by Gasteiger charge is 2.37. The van der Waals surface area contributed by atoms with Crippen molar-refractivity contribution in [1.82, 2.24) is 4.31 Å². The fourth-order valence-corrected chi connectivity index (χ4v) is 5.38. The molecule has 0 aromatic heterocycles. The van der Waals surface area contributed by atoms with Crippen molar-refractivity contribution in [3.63, 3.8) is 0 Å². The highest BCUT2D eigenvalue weighted by atomic mass is 32.2. The maximum absolute atomic E-state index is 13.1. The molecular weight excluding hydrogens is 290 g/mol. The lowest BCUT2D eigenvalue weighted by molar-refractivity contribution is 0.333. The van der Waals surface area contributed by atoms with Gasteiger partial charge in [-0.25, -0.2) is 8.42 Å². The maximum Gasteiger partial charge on any atom is 0.247 e. The Balaban J connectivity index is 1.88. The van der Waals surface area contributed by atoms with Gasteiger partial charge in [0.05, 0.1) is 13.2 Å². The van der Waals surface area contributed by atoms with E-state index >= 15 is 0 Å². The summed E-state index contributed by atoms with van der Waals surface area (Å²) in [5.74, 6) is 1.31. The first-order chi connectivity index (χ1) is 10.2. The standard InChI is InChI=1S/C15H19NO4S/c17-21(18,16-6-2-1-3-7-16)15-12-5-9-19-13(12)10-11-4-8-20-14(11)15/h10H,1-9H2. The Morgan fingerprint density at radius 3 is 2.57 bits per heavy atom. The Bertz CT molecular complexity index is 645. The molecule has 0 unspecified atom stereocenters. The summed E-state index contributed by atoms with van der Waals surface area (Å²) in [4.78, 5) is 0.381. The van der Waals surface area contributed by atoms with E-state index < -0.39 is 10.0 Å². The van der Waals surface area contributed by atoms with Crippen LogP contribution in [0.4, 0.5) is 0 Å². The van der Waals surface area contributed by atoms with Crippen LogP contribution in [0.2, 0.25) is 0 Å². The van der Waals surface area contributed by atoms with E-state index in [2.05, 4.69) is 0 Å². The van der Waals surface area contributed by atoms with E-state index in [1.807, 2.05) is 6.07 Å². The summed E-state index contributed by atoms with van der Waals surface area (Å²) >= 11 is 0. The van der Waals surface area contributed by atoms with Gasteiger partial charge >= 0.3 is 0 Å². The minimum absolute atomic E-state index is 0.381. The number of piperidine rings is 1. The van der Waals surface area contributed by atoms with Crippen molar-refractivity contribution in [2.24, 2.45) is 0 Å². The zero-order valence-electron chi connectivity index (χ0n) is 11.9.